The largest absolute Gasteiger partial charge is 0.481 e. The number of carboxylic acids is 1. The Morgan fingerprint density at radius 1 is 1.41 bits per heavy atom. The predicted molar refractivity (Wildman–Crippen MR) is 69.0 cm³/mol. The number of benzene rings is 1. The average molecular weight is 300 g/mol. The lowest BCUT2D eigenvalue weighted by Gasteiger charge is -2.21. The van der Waals surface area contributed by atoms with Crippen LogP contribution < -0.4 is 4.90 Å². The summed E-state index contributed by atoms with van der Waals surface area (Å²) in [6.45, 7) is 1.95. The van der Waals surface area contributed by atoms with Crippen molar-refractivity contribution < 1.29 is 14.7 Å². The molecular weight excluding hydrogens is 286 g/mol. The van der Waals surface area contributed by atoms with E-state index >= 15 is 0 Å². The fraction of sp³-hybridized carbons (Fsp3) is 0.333. The zero-order valence-corrected chi connectivity index (χ0v) is 11.1. The molecule has 1 amide bonds. The van der Waals surface area contributed by atoms with Crippen molar-refractivity contribution in [2.75, 3.05) is 11.4 Å². The molecule has 0 aliphatic rings. The van der Waals surface area contributed by atoms with E-state index in [9.17, 15) is 9.59 Å². The zero-order valence-electron chi connectivity index (χ0n) is 9.52. The molecule has 1 aromatic rings. The van der Waals surface area contributed by atoms with E-state index in [-0.39, 0.29) is 18.9 Å². The Morgan fingerprint density at radius 2 is 2.12 bits per heavy atom. The average Bonchev–Trinajstić information content (AvgIpc) is 2.28. The van der Waals surface area contributed by atoms with Gasteiger partial charge in [0.25, 0.3) is 0 Å². The molecule has 0 saturated heterocycles. The number of carboxylic acid groups (broad SMARTS) is 1. The highest BCUT2D eigenvalue weighted by molar-refractivity contribution is 9.10. The van der Waals surface area contributed by atoms with E-state index in [1.807, 2.05) is 12.1 Å². The lowest BCUT2D eigenvalue weighted by Crippen LogP contribution is -2.32. The van der Waals surface area contributed by atoms with Crippen molar-refractivity contribution in [2.24, 2.45) is 0 Å². The molecule has 4 nitrogen and oxygen atoms in total. The molecule has 0 saturated carbocycles. The summed E-state index contributed by atoms with van der Waals surface area (Å²) >= 11 is 3.33. The quantitative estimate of drug-likeness (QED) is 0.909. The first-order valence-corrected chi connectivity index (χ1v) is 6.11. The molecule has 1 N–H and O–H groups in total. The Morgan fingerprint density at radius 3 is 2.65 bits per heavy atom. The van der Waals surface area contributed by atoms with Gasteiger partial charge < -0.3 is 10.0 Å². The molecule has 0 aliphatic carbocycles. The lowest BCUT2D eigenvalue weighted by atomic mass is 10.2. The summed E-state index contributed by atoms with van der Waals surface area (Å²) in [6, 6.07) is 7.26. The molecule has 5 heteroatoms. The van der Waals surface area contributed by atoms with E-state index in [4.69, 9.17) is 5.11 Å². The number of amides is 1. The Bertz CT molecular complexity index is 420. The first-order valence-electron chi connectivity index (χ1n) is 5.32. The number of rotatable bonds is 5. The highest BCUT2D eigenvalue weighted by Crippen LogP contribution is 2.20. The number of hydrogen-bond donors (Lipinski definition) is 1. The van der Waals surface area contributed by atoms with E-state index < -0.39 is 5.97 Å². The molecule has 0 heterocycles. The second-order valence-electron chi connectivity index (χ2n) is 3.52. The van der Waals surface area contributed by atoms with E-state index in [0.717, 1.165) is 4.47 Å². The van der Waals surface area contributed by atoms with E-state index in [1.54, 1.807) is 19.1 Å². The van der Waals surface area contributed by atoms with Crippen LogP contribution >= 0.6 is 15.9 Å². The summed E-state index contributed by atoms with van der Waals surface area (Å²) in [5, 5.41) is 8.67. The standard InChI is InChI=1S/C12H14BrNO3/c1-2-11(15)14(7-6-12(16)17)10-5-3-4-9(13)8-10/h3-5,8H,2,6-7H2,1H3,(H,16,17). The maximum Gasteiger partial charge on any atom is 0.305 e. The summed E-state index contributed by atoms with van der Waals surface area (Å²) < 4.78 is 0.860. The van der Waals surface area contributed by atoms with Crippen LogP contribution in [0.15, 0.2) is 28.7 Å². The summed E-state index contributed by atoms with van der Waals surface area (Å²) in [5.41, 5.74) is 0.715. The van der Waals surface area contributed by atoms with Gasteiger partial charge in [0.2, 0.25) is 5.91 Å². The smallest absolute Gasteiger partial charge is 0.305 e. The summed E-state index contributed by atoms with van der Waals surface area (Å²) in [6.07, 6.45) is 0.296. The first-order chi connectivity index (χ1) is 8.04. The minimum Gasteiger partial charge on any atom is -0.481 e. The van der Waals surface area contributed by atoms with Gasteiger partial charge in [0.15, 0.2) is 0 Å². The number of halogens is 1. The van der Waals surface area contributed by atoms with Crippen molar-refractivity contribution >= 4 is 33.5 Å². The normalized spacial score (nSPS) is 10.0. The number of carbonyl (C=O) groups is 2. The number of hydrogen-bond acceptors (Lipinski definition) is 2. The molecule has 0 atom stereocenters. The Labute approximate surface area is 108 Å². The predicted octanol–water partition coefficient (Wildman–Crippen LogP) is 2.67. The highest BCUT2D eigenvalue weighted by Gasteiger charge is 2.15. The van der Waals surface area contributed by atoms with Crippen molar-refractivity contribution in [2.45, 2.75) is 19.8 Å². The topological polar surface area (TPSA) is 57.6 Å². The number of carbonyl (C=O) groups excluding carboxylic acids is 1. The van der Waals surface area contributed by atoms with Gasteiger partial charge in [0.05, 0.1) is 6.42 Å². The van der Waals surface area contributed by atoms with Gasteiger partial charge in [-0.3, -0.25) is 9.59 Å². The van der Waals surface area contributed by atoms with Crippen LogP contribution in [0.1, 0.15) is 19.8 Å². The maximum atomic E-state index is 11.8. The molecular formula is C12H14BrNO3. The Balaban J connectivity index is 2.89. The van der Waals surface area contributed by atoms with E-state index in [0.29, 0.717) is 12.1 Å². The minimum absolute atomic E-state index is 0.0573. The monoisotopic (exact) mass is 299 g/mol. The van der Waals surface area contributed by atoms with Crippen LogP contribution in [0.4, 0.5) is 5.69 Å². The molecule has 0 bridgehead atoms. The molecule has 0 aliphatic heterocycles. The third kappa shape index (κ3) is 4.19. The van der Waals surface area contributed by atoms with Crippen LogP contribution in [-0.4, -0.2) is 23.5 Å². The van der Waals surface area contributed by atoms with Gasteiger partial charge in [-0.2, -0.15) is 0 Å². The third-order valence-electron chi connectivity index (χ3n) is 2.27. The molecule has 92 valence electrons. The van der Waals surface area contributed by atoms with Crippen LogP contribution in [0.5, 0.6) is 0 Å². The van der Waals surface area contributed by atoms with Crippen molar-refractivity contribution in [3.8, 4) is 0 Å². The summed E-state index contributed by atoms with van der Waals surface area (Å²) in [7, 11) is 0. The summed E-state index contributed by atoms with van der Waals surface area (Å²) in [5.74, 6) is -0.988. The van der Waals surface area contributed by atoms with Gasteiger partial charge in [0, 0.05) is 23.1 Å². The number of anilines is 1. The maximum absolute atomic E-state index is 11.8. The van der Waals surface area contributed by atoms with Crippen LogP contribution in [-0.2, 0) is 9.59 Å². The fourth-order valence-corrected chi connectivity index (χ4v) is 1.83. The number of nitrogens with zero attached hydrogens (tertiary/aromatic N) is 1. The second-order valence-corrected chi connectivity index (χ2v) is 4.44. The molecule has 17 heavy (non-hydrogen) atoms. The highest BCUT2D eigenvalue weighted by atomic mass is 79.9. The molecule has 1 rings (SSSR count). The van der Waals surface area contributed by atoms with Crippen LogP contribution in [0.2, 0.25) is 0 Å². The summed E-state index contributed by atoms with van der Waals surface area (Å²) in [4.78, 5) is 23.8. The van der Waals surface area contributed by atoms with Crippen LogP contribution in [0, 0.1) is 0 Å². The van der Waals surface area contributed by atoms with Gasteiger partial charge in [-0.15, -0.1) is 0 Å². The molecule has 0 spiro atoms. The SMILES string of the molecule is CCC(=O)N(CCC(=O)O)c1cccc(Br)c1. The van der Waals surface area contributed by atoms with Gasteiger partial charge in [-0.1, -0.05) is 28.9 Å². The molecule has 1 aromatic carbocycles. The van der Waals surface area contributed by atoms with E-state index in [2.05, 4.69) is 15.9 Å². The van der Waals surface area contributed by atoms with Crippen molar-refractivity contribution in [1.82, 2.24) is 0 Å². The van der Waals surface area contributed by atoms with Gasteiger partial charge in [-0.25, -0.2) is 0 Å². The molecule has 0 radical (unpaired) electrons. The van der Waals surface area contributed by atoms with Gasteiger partial charge in [0.1, 0.15) is 0 Å². The second kappa shape index (κ2) is 6.39. The minimum atomic E-state index is -0.908. The number of aliphatic carboxylic acids is 1. The van der Waals surface area contributed by atoms with E-state index in [1.165, 1.54) is 4.90 Å². The first kappa shape index (κ1) is 13.7. The lowest BCUT2D eigenvalue weighted by molar-refractivity contribution is -0.136. The zero-order chi connectivity index (χ0) is 12.8. The van der Waals surface area contributed by atoms with Crippen molar-refractivity contribution in [3.05, 3.63) is 28.7 Å². The van der Waals surface area contributed by atoms with Crippen molar-refractivity contribution in [3.63, 3.8) is 0 Å². The Hall–Kier alpha value is -1.36. The van der Waals surface area contributed by atoms with Gasteiger partial charge >= 0.3 is 5.97 Å². The van der Waals surface area contributed by atoms with Crippen LogP contribution in [0.25, 0.3) is 0 Å². The van der Waals surface area contributed by atoms with Crippen LogP contribution in [0.3, 0.4) is 0 Å². The molecule has 0 unspecified atom stereocenters. The Kier molecular flexibility index (Phi) is 5.15. The third-order valence-corrected chi connectivity index (χ3v) is 2.77. The molecule has 0 aromatic heterocycles. The fourth-order valence-electron chi connectivity index (χ4n) is 1.44. The molecule has 0 fully saturated rings. The van der Waals surface area contributed by atoms with Crippen molar-refractivity contribution in [1.29, 1.82) is 0 Å². The van der Waals surface area contributed by atoms with Gasteiger partial charge in [-0.05, 0) is 18.2 Å².